The largest absolute Gasteiger partial charge is 0.497 e. The van der Waals surface area contributed by atoms with Gasteiger partial charge in [0.2, 0.25) is 0 Å². The summed E-state index contributed by atoms with van der Waals surface area (Å²) in [6, 6.07) is 11.1. The number of aliphatic carboxylic acids is 1. The van der Waals surface area contributed by atoms with Gasteiger partial charge in [0.15, 0.2) is 0 Å². The number of thioether (sulfide) groups is 1. The highest BCUT2D eigenvalue weighted by Gasteiger charge is 2.30. The van der Waals surface area contributed by atoms with E-state index in [1.165, 1.54) is 30.0 Å². The first-order valence-corrected chi connectivity index (χ1v) is 14.4. The second-order valence-corrected chi connectivity index (χ2v) is 11.2. The summed E-state index contributed by atoms with van der Waals surface area (Å²) in [7, 11) is 1.58. The first kappa shape index (κ1) is 29.2. The molecule has 9 heteroatoms. The molecule has 0 bridgehead atoms. The Labute approximate surface area is 231 Å². The number of halogens is 3. The van der Waals surface area contributed by atoms with Crippen molar-refractivity contribution >= 4 is 28.6 Å². The van der Waals surface area contributed by atoms with E-state index in [9.17, 15) is 18.7 Å². The van der Waals surface area contributed by atoms with Gasteiger partial charge >= 0.3 is 5.97 Å². The fraction of sp³-hybridized carbons (Fsp3) is 0.467. The van der Waals surface area contributed by atoms with E-state index in [4.69, 9.17) is 4.74 Å². The Bertz CT molecular complexity index is 1240. The van der Waals surface area contributed by atoms with Crippen LogP contribution in [0.5, 0.6) is 5.75 Å². The Kier molecular flexibility index (Phi) is 10.5. The van der Waals surface area contributed by atoms with Crippen LogP contribution in [0.25, 0.3) is 10.9 Å². The molecule has 0 amide bonds. The van der Waals surface area contributed by atoms with Crippen molar-refractivity contribution in [2.45, 2.75) is 49.6 Å². The minimum absolute atomic E-state index is 0.0525. The smallest absolute Gasteiger partial charge is 0.303 e. The number of carboxylic acid groups (broad SMARTS) is 1. The molecule has 2 heterocycles. The van der Waals surface area contributed by atoms with Gasteiger partial charge in [-0.25, -0.2) is 13.2 Å². The van der Waals surface area contributed by atoms with E-state index in [-0.39, 0.29) is 23.2 Å². The number of alkyl halides is 1. The van der Waals surface area contributed by atoms with Gasteiger partial charge in [0.1, 0.15) is 23.6 Å². The van der Waals surface area contributed by atoms with Crippen molar-refractivity contribution in [1.29, 1.82) is 0 Å². The molecule has 1 fully saturated rings. The zero-order chi connectivity index (χ0) is 27.8. The molecule has 1 saturated heterocycles. The summed E-state index contributed by atoms with van der Waals surface area (Å²) in [5.41, 5.74) is 1.32. The Morgan fingerprint density at radius 1 is 1.18 bits per heavy atom. The number of benzene rings is 2. The molecule has 1 aliphatic rings. The van der Waals surface area contributed by atoms with Gasteiger partial charge in [-0.3, -0.25) is 9.78 Å². The summed E-state index contributed by atoms with van der Waals surface area (Å²) < 4.78 is 48.6. The number of nitrogens with zero attached hydrogens (tertiary/aromatic N) is 2. The lowest BCUT2D eigenvalue weighted by molar-refractivity contribution is -0.137. The lowest BCUT2D eigenvalue weighted by Gasteiger charge is -2.39. The normalized spacial score (nSPS) is 18.8. The molecule has 0 spiro atoms. The van der Waals surface area contributed by atoms with Gasteiger partial charge in [-0.2, -0.15) is 0 Å². The summed E-state index contributed by atoms with van der Waals surface area (Å²) in [5.74, 6) is -0.265. The highest BCUT2D eigenvalue weighted by atomic mass is 32.2. The number of pyridine rings is 1. The second kappa shape index (κ2) is 14.0. The van der Waals surface area contributed by atoms with E-state index in [0.29, 0.717) is 36.3 Å². The molecule has 3 atom stereocenters. The topological polar surface area (TPSA) is 62.7 Å². The van der Waals surface area contributed by atoms with Crippen LogP contribution in [0.3, 0.4) is 0 Å². The minimum Gasteiger partial charge on any atom is -0.497 e. The first-order chi connectivity index (χ1) is 18.9. The summed E-state index contributed by atoms with van der Waals surface area (Å²) in [4.78, 5) is 18.0. The van der Waals surface area contributed by atoms with Gasteiger partial charge in [0, 0.05) is 24.5 Å². The number of aromatic nitrogens is 1. The van der Waals surface area contributed by atoms with Crippen molar-refractivity contribution in [3.05, 3.63) is 65.9 Å². The quantitative estimate of drug-likeness (QED) is 0.175. The average molecular weight is 561 g/mol. The third kappa shape index (κ3) is 7.88. The number of fused-ring (bicyclic) bond motifs is 1. The fourth-order valence-electron chi connectivity index (χ4n) is 5.52. The summed E-state index contributed by atoms with van der Waals surface area (Å²) in [6.07, 6.45) is 3.78. The van der Waals surface area contributed by atoms with E-state index in [0.717, 1.165) is 43.4 Å². The number of ether oxygens (including phenoxy) is 1. The van der Waals surface area contributed by atoms with E-state index in [1.54, 1.807) is 19.4 Å². The van der Waals surface area contributed by atoms with Crippen LogP contribution in [-0.4, -0.2) is 53.5 Å². The molecule has 210 valence electrons. The molecule has 4 rings (SSSR count). The molecule has 5 nitrogen and oxygen atoms in total. The van der Waals surface area contributed by atoms with Crippen molar-refractivity contribution in [1.82, 2.24) is 9.88 Å². The SMILES string of the molecule is COc1ccc2nccc([C@@H](F)CCC3CCN(CCCSc4c(F)cccc4F)CC3CCC(=O)O)c2c1. The van der Waals surface area contributed by atoms with Crippen molar-refractivity contribution in [2.75, 3.05) is 32.5 Å². The van der Waals surface area contributed by atoms with Gasteiger partial charge in [-0.1, -0.05) is 6.07 Å². The Balaban J connectivity index is 1.32. The van der Waals surface area contributed by atoms with Crippen LogP contribution in [0.15, 0.2) is 53.6 Å². The number of carboxylic acids is 1. The van der Waals surface area contributed by atoms with Crippen LogP contribution >= 0.6 is 11.8 Å². The zero-order valence-electron chi connectivity index (χ0n) is 22.1. The summed E-state index contributed by atoms with van der Waals surface area (Å²) >= 11 is 1.18. The van der Waals surface area contributed by atoms with Gasteiger partial charge < -0.3 is 14.7 Å². The van der Waals surface area contributed by atoms with Crippen molar-refractivity contribution in [3.63, 3.8) is 0 Å². The standard InChI is InChI=1S/C30H35F3N2O3S/c1-38-22-8-10-28-24(18-22)23(12-14-34-28)25(31)9-6-20-13-16-35(19-21(20)7-11-29(36)37)15-3-17-39-30-26(32)4-2-5-27(30)33/h2,4-5,8,10,12,14,18,20-21,25H,3,6-7,9,11,13,15-17,19H2,1H3,(H,36,37)/t20?,21?,25-/m0/s1. The molecule has 0 radical (unpaired) electrons. The molecule has 1 N–H and O–H groups in total. The maximum atomic E-state index is 15.5. The zero-order valence-corrected chi connectivity index (χ0v) is 22.9. The maximum absolute atomic E-state index is 15.5. The number of hydrogen-bond acceptors (Lipinski definition) is 5. The highest BCUT2D eigenvalue weighted by Crippen LogP contribution is 2.37. The minimum atomic E-state index is -1.16. The van der Waals surface area contributed by atoms with E-state index >= 15 is 4.39 Å². The molecule has 0 saturated carbocycles. The monoisotopic (exact) mass is 560 g/mol. The van der Waals surface area contributed by atoms with Gasteiger partial charge in [-0.05, 0) is 105 Å². The number of methoxy groups -OCH3 is 1. The third-order valence-electron chi connectivity index (χ3n) is 7.60. The Morgan fingerprint density at radius 2 is 1.97 bits per heavy atom. The fourth-order valence-corrected chi connectivity index (χ4v) is 6.41. The summed E-state index contributed by atoms with van der Waals surface area (Å²) in [6.45, 7) is 2.37. The van der Waals surface area contributed by atoms with Gasteiger partial charge in [0.05, 0.1) is 17.5 Å². The summed E-state index contributed by atoms with van der Waals surface area (Å²) in [5, 5.41) is 10.0. The lowest BCUT2D eigenvalue weighted by atomic mass is 9.79. The number of piperidine rings is 1. The molecule has 2 aromatic carbocycles. The molecule has 39 heavy (non-hydrogen) atoms. The molecule has 0 aliphatic carbocycles. The lowest BCUT2D eigenvalue weighted by Crippen LogP contribution is -2.41. The number of carbonyl (C=O) groups is 1. The van der Waals surface area contributed by atoms with Crippen LogP contribution < -0.4 is 4.74 Å². The molecular formula is C30H35F3N2O3S. The maximum Gasteiger partial charge on any atom is 0.303 e. The average Bonchev–Trinajstić information content (AvgIpc) is 2.93. The Hall–Kier alpha value is -2.78. The molecule has 3 aromatic rings. The molecular weight excluding hydrogens is 525 g/mol. The second-order valence-electron chi connectivity index (χ2n) is 10.1. The van der Waals surface area contributed by atoms with Crippen molar-refractivity contribution in [2.24, 2.45) is 11.8 Å². The van der Waals surface area contributed by atoms with Crippen LogP contribution in [0.4, 0.5) is 13.2 Å². The van der Waals surface area contributed by atoms with Gasteiger partial charge in [-0.15, -0.1) is 11.8 Å². The third-order valence-corrected chi connectivity index (χ3v) is 8.77. The molecule has 1 aliphatic heterocycles. The van der Waals surface area contributed by atoms with Crippen LogP contribution in [-0.2, 0) is 4.79 Å². The van der Waals surface area contributed by atoms with E-state index in [1.807, 2.05) is 18.2 Å². The Morgan fingerprint density at radius 3 is 2.72 bits per heavy atom. The van der Waals surface area contributed by atoms with Crippen molar-refractivity contribution < 1.29 is 27.8 Å². The van der Waals surface area contributed by atoms with Gasteiger partial charge in [0.25, 0.3) is 0 Å². The molecule has 1 aromatic heterocycles. The van der Waals surface area contributed by atoms with Crippen LogP contribution in [0, 0.1) is 23.5 Å². The van der Waals surface area contributed by atoms with E-state index in [2.05, 4.69) is 9.88 Å². The predicted molar refractivity (Wildman–Crippen MR) is 148 cm³/mol. The first-order valence-electron chi connectivity index (χ1n) is 13.4. The van der Waals surface area contributed by atoms with Crippen LogP contribution in [0.2, 0.25) is 0 Å². The highest BCUT2D eigenvalue weighted by molar-refractivity contribution is 7.99. The van der Waals surface area contributed by atoms with Crippen LogP contribution in [0.1, 0.15) is 50.3 Å². The number of rotatable bonds is 13. The number of likely N-dealkylation sites (tertiary alicyclic amines) is 1. The van der Waals surface area contributed by atoms with E-state index < -0.39 is 23.8 Å². The number of hydrogen-bond donors (Lipinski definition) is 1. The predicted octanol–water partition coefficient (Wildman–Crippen LogP) is 7.30. The van der Waals surface area contributed by atoms with Crippen molar-refractivity contribution in [3.8, 4) is 5.75 Å². The molecule has 2 unspecified atom stereocenters.